The minimum absolute atomic E-state index is 0.381. The van der Waals surface area contributed by atoms with Gasteiger partial charge in [-0.05, 0) is 35.8 Å². The molecular weight excluding hydrogens is 358 g/mol. The highest BCUT2D eigenvalue weighted by molar-refractivity contribution is 7.80. The first-order valence-corrected chi connectivity index (χ1v) is 9.13. The highest BCUT2D eigenvalue weighted by atomic mass is 32.1. The van der Waals surface area contributed by atoms with Gasteiger partial charge in [-0.15, -0.1) is 11.3 Å². The van der Waals surface area contributed by atoms with Crippen LogP contribution in [0.2, 0.25) is 0 Å². The average Bonchev–Trinajstić information content (AvgIpc) is 3.10. The number of benzene rings is 1. The Morgan fingerprint density at radius 2 is 1.92 bits per heavy atom. The van der Waals surface area contributed by atoms with Crippen LogP contribution in [0.5, 0.6) is 0 Å². The molecule has 0 radical (unpaired) electrons. The molecule has 6 nitrogen and oxygen atoms in total. The van der Waals surface area contributed by atoms with Crippen molar-refractivity contribution >= 4 is 51.7 Å². The molecule has 0 saturated carbocycles. The molecule has 0 spiro atoms. The van der Waals surface area contributed by atoms with E-state index in [1.807, 2.05) is 23.6 Å². The van der Waals surface area contributed by atoms with Crippen LogP contribution in [0, 0.1) is 0 Å². The van der Waals surface area contributed by atoms with Crippen molar-refractivity contribution in [3.63, 3.8) is 0 Å². The Kier molecular flexibility index (Phi) is 5.85. The molecule has 2 N–H and O–H groups in total. The van der Waals surface area contributed by atoms with Gasteiger partial charge in [0.15, 0.2) is 5.11 Å². The summed E-state index contributed by atoms with van der Waals surface area (Å²) in [5.41, 5.74) is 2.63. The van der Waals surface area contributed by atoms with Gasteiger partial charge in [0.2, 0.25) is 0 Å². The number of nitrogens with zero attached hydrogens (tertiary/aromatic N) is 1. The van der Waals surface area contributed by atoms with Crippen LogP contribution in [0.25, 0.3) is 0 Å². The van der Waals surface area contributed by atoms with Crippen molar-refractivity contribution in [3.8, 4) is 0 Å². The number of hydrogen-bond donors (Lipinski definition) is 2. The van der Waals surface area contributed by atoms with Gasteiger partial charge >= 0.3 is 5.97 Å². The summed E-state index contributed by atoms with van der Waals surface area (Å²) in [5, 5.41) is 8.53. The maximum Gasteiger partial charge on any atom is 0.350 e. The van der Waals surface area contributed by atoms with Crippen molar-refractivity contribution in [2.24, 2.45) is 0 Å². The van der Waals surface area contributed by atoms with Gasteiger partial charge in [-0.25, -0.2) is 4.79 Å². The van der Waals surface area contributed by atoms with Crippen LogP contribution in [0.4, 0.5) is 17.1 Å². The molecule has 2 heterocycles. The number of hydrogen-bond acceptors (Lipinski definition) is 6. The second-order valence-electron chi connectivity index (χ2n) is 5.35. The number of morpholine rings is 1. The van der Waals surface area contributed by atoms with E-state index in [0.717, 1.165) is 24.5 Å². The van der Waals surface area contributed by atoms with Crippen LogP contribution in [0.1, 0.15) is 9.67 Å². The molecule has 0 atom stereocenters. The van der Waals surface area contributed by atoms with Crippen LogP contribution in [0.3, 0.4) is 0 Å². The number of rotatable bonds is 4. The molecular formula is C17H19N3O3S2. The van der Waals surface area contributed by atoms with E-state index in [2.05, 4.69) is 21.6 Å². The Labute approximate surface area is 155 Å². The third-order valence-corrected chi connectivity index (χ3v) is 4.89. The van der Waals surface area contributed by atoms with E-state index in [-0.39, 0.29) is 5.97 Å². The molecule has 8 heteroatoms. The third-order valence-electron chi connectivity index (χ3n) is 3.79. The Bertz CT molecular complexity index is 757. The Hall–Kier alpha value is -2.16. The summed E-state index contributed by atoms with van der Waals surface area (Å²) >= 11 is 6.72. The molecule has 25 heavy (non-hydrogen) atoms. The lowest BCUT2D eigenvalue weighted by atomic mass is 10.2. The smallest absolute Gasteiger partial charge is 0.350 e. The number of carbonyl (C=O) groups is 1. The topological polar surface area (TPSA) is 62.8 Å². The van der Waals surface area contributed by atoms with E-state index in [1.54, 1.807) is 6.07 Å². The summed E-state index contributed by atoms with van der Waals surface area (Å²) in [5.74, 6) is -0.381. The summed E-state index contributed by atoms with van der Waals surface area (Å²) in [6.07, 6.45) is 0. The maximum absolute atomic E-state index is 11.8. The van der Waals surface area contributed by atoms with Gasteiger partial charge < -0.3 is 25.0 Å². The molecule has 1 fully saturated rings. The van der Waals surface area contributed by atoms with Crippen molar-refractivity contribution in [2.75, 3.05) is 48.9 Å². The molecule has 0 bridgehead atoms. The molecule has 1 aliphatic heterocycles. The van der Waals surface area contributed by atoms with E-state index in [4.69, 9.17) is 21.7 Å². The molecule has 0 amide bonds. The zero-order valence-corrected chi connectivity index (χ0v) is 15.4. The van der Waals surface area contributed by atoms with Crippen LogP contribution in [0.15, 0.2) is 35.7 Å². The molecule has 1 aromatic heterocycles. The van der Waals surface area contributed by atoms with E-state index in [0.29, 0.717) is 28.9 Å². The van der Waals surface area contributed by atoms with Crippen molar-refractivity contribution in [3.05, 3.63) is 40.6 Å². The Morgan fingerprint density at radius 1 is 1.20 bits per heavy atom. The van der Waals surface area contributed by atoms with E-state index < -0.39 is 0 Å². The van der Waals surface area contributed by atoms with Crippen LogP contribution in [-0.2, 0) is 9.47 Å². The monoisotopic (exact) mass is 377 g/mol. The number of thiophene rings is 1. The predicted octanol–water partition coefficient (Wildman–Crippen LogP) is 3.18. The van der Waals surface area contributed by atoms with Gasteiger partial charge in [0.1, 0.15) is 4.88 Å². The number of anilines is 3. The lowest BCUT2D eigenvalue weighted by molar-refractivity contribution is 0.0607. The first-order valence-electron chi connectivity index (χ1n) is 7.84. The lowest BCUT2D eigenvalue weighted by Crippen LogP contribution is -2.37. The molecule has 1 aliphatic rings. The predicted molar refractivity (Wildman–Crippen MR) is 105 cm³/mol. The third kappa shape index (κ3) is 4.28. The van der Waals surface area contributed by atoms with E-state index in [9.17, 15) is 4.79 Å². The van der Waals surface area contributed by atoms with Crippen molar-refractivity contribution in [1.29, 1.82) is 0 Å². The van der Waals surface area contributed by atoms with Gasteiger partial charge in [-0.3, -0.25) is 0 Å². The molecule has 2 aromatic rings. The standard InChI is InChI=1S/C17H19N3O3S2/c1-22-16(21)15-13(6-11-25-15)19-17(24)18-12-4-2-3-5-14(12)20-7-9-23-10-8-20/h2-6,11H,7-10H2,1H3,(H2,18,19,24). The summed E-state index contributed by atoms with van der Waals surface area (Å²) in [4.78, 5) is 14.5. The summed E-state index contributed by atoms with van der Waals surface area (Å²) in [7, 11) is 1.36. The number of thiocarbonyl (C=S) groups is 1. The molecule has 1 aromatic carbocycles. The van der Waals surface area contributed by atoms with Crippen LogP contribution < -0.4 is 15.5 Å². The zero-order valence-electron chi connectivity index (χ0n) is 13.8. The number of esters is 1. The Balaban J connectivity index is 1.71. The zero-order chi connectivity index (χ0) is 17.6. The fraction of sp³-hybridized carbons (Fsp3) is 0.294. The quantitative estimate of drug-likeness (QED) is 0.627. The largest absolute Gasteiger partial charge is 0.465 e. The normalized spacial score (nSPS) is 14.0. The average molecular weight is 377 g/mol. The first kappa shape index (κ1) is 17.7. The van der Waals surface area contributed by atoms with Crippen molar-refractivity contribution in [2.45, 2.75) is 0 Å². The molecule has 132 valence electrons. The number of para-hydroxylation sites is 2. The summed E-state index contributed by atoms with van der Waals surface area (Å²) < 4.78 is 10.2. The van der Waals surface area contributed by atoms with Crippen molar-refractivity contribution in [1.82, 2.24) is 0 Å². The number of carbonyl (C=O) groups excluding carboxylic acids is 1. The number of methoxy groups -OCH3 is 1. The summed E-state index contributed by atoms with van der Waals surface area (Å²) in [6, 6.07) is 9.80. The van der Waals surface area contributed by atoms with Crippen LogP contribution >= 0.6 is 23.6 Å². The highest BCUT2D eigenvalue weighted by Crippen LogP contribution is 2.27. The fourth-order valence-corrected chi connectivity index (χ4v) is 3.58. The molecule has 0 unspecified atom stereocenters. The second kappa shape index (κ2) is 8.28. The number of nitrogens with one attached hydrogen (secondary N) is 2. The van der Waals surface area contributed by atoms with E-state index >= 15 is 0 Å². The van der Waals surface area contributed by atoms with Crippen LogP contribution in [-0.4, -0.2) is 44.5 Å². The van der Waals surface area contributed by atoms with Gasteiger partial charge in [0.25, 0.3) is 0 Å². The Morgan fingerprint density at radius 3 is 2.68 bits per heavy atom. The highest BCUT2D eigenvalue weighted by Gasteiger charge is 2.17. The van der Waals surface area contributed by atoms with Crippen molar-refractivity contribution < 1.29 is 14.3 Å². The van der Waals surface area contributed by atoms with Gasteiger partial charge in [0, 0.05) is 13.1 Å². The van der Waals surface area contributed by atoms with E-state index in [1.165, 1.54) is 18.4 Å². The molecule has 0 aliphatic carbocycles. The SMILES string of the molecule is COC(=O)c1sccc1NC(=S)Nc1ccccc1N1CCOCC1. The van der Waals surface area contributed by atoms with Gasteiger partial charge in [-0.2, -0.15) is 0 Å². The molecule has 3 rings (SSSR count). The van der Waals surface area contributed by atoms with Gasteiger partial charge in [-0.1, -0.05) is 12.1 Å². The van der Waals surface area contributed by atoms with Gasteiger partial charge in [0.05, 0.1) is 37.4 Å². The first-order chi connectivity index (χ1) is 12.2. The minimum atomic E-state index is -0.381. The lowest BCUT2D eigenvalue weighted by Gasteiger charge is -2.30. The maximum atomic E-state index is 11.8. The summed E-state index contributed by atoms with van der Waals surface area (Å²) in [6.45, 7) is 3.12. The minimum Gasteiger partial charge on any atom is -0.465 e. The molecule has 1 saturated heterocycles. The fourth-order valence-electron chi connectivity index (χ4n) is 2.59. The number of ether oxygens (including phenoxy) is 2. The second-order valence-corrected chi connectivity index (χ2v) is 6.68.